The van der Waals surface area contributed by atoms with Crippen LogP contribution in [-0.4, -0.2) is 24.5 Å². The molecule has 1 unspecified atom stereocenters. The van der Waals surface area contributed by atoms with E-state index >= 15 is 0 Å². The van der Waals surface area contributed by atoms with Crippen LogP contribution in [0.25, 0.3) is 6.08 Å². The Labute approximate surface area is 186 Å². The molecule has 0 bridgehead atoms. The Hall–Kier alpha value is -3.38. The zero-order chi connectivity index (χ0) is 22.2. The van der Waals surface area contributed by atoms with E-state index in [4.69, 9.17) is 4.74 Å². The Balaban J connectivity index is 1.66. The maximum atomic E-state index is 12.9. The molecule has 1 aromatic heterocycles. The van der Waals surface area contributed by atoms with Gasteiger partial charge in [-0.1, -0.05) is 41.5 Å². The normalized spacial score (nSPS) is 12.2. The van der Waals surface area contributed by atoms with Gasteiger partial charge in [0, 0.05) is 10.4 Å². The summed E-state index contributed by atoms with van der Waals surface area (Å²) in [5, 5.41) is 7.57. The molecule has 0 spiro atoms. The number of amides is 2. The number of aryl methyl sites for hydroxylation is 2. The predicted molar refractivity (Wildman–Crippen MR) is 125 cm³/mol. The number of carbonyl (C=O) groups is 2. The van der Waals surface area contributed by atoms with Crippen LogP contribution < -0.4 is 15.4 Å². The molecule has 2 aromatic carbocycles. The number of carbonyl (C=O) groups excluding carboxylic acids is 2. The van der Waals surface area contributed by atoms with Crippen molar-refractivity contribution in [3.8, 4) is 5.75 Å². The van der Waals surface area contributed by atoms with E-state index in [1.54, 1.807) is 18.2 Å². The summed E-state index contributed by atoms with van der Waals surface area (Å²) >= 11 is 1.49. The summed E-state index contributed by atoms with van der Waals surface area (Å²) in [5.74, 6) is 0.0455. The van der Waals surface area contributed by atoms with Gasteiger partial charge in [-0.2, -0.15) is 0 Å². The molecule has 1 heterocycles. The van der Waals surface area contributed by atoms with Gasteiger partial charge in [0.25, 0.3) is 11.8 Å². The molecule has 160 valence electrons. The molecular formula is C25H26N2O3S. The standard InChI is InChI=1S/C25H26N2O3S/c1-17-6-10-20(11-7-17)24(28)27-23(15-22-5-4-14-31-22)25(29)26-19(3)16-30-21-12-8-18(2)9-13-21/h4-15,19H,16H2,1-3H3,(H,26,29)(H,27,28)/b23-15-. The molecule has 0 saturated heterocycles. The second kappa shape index (κ2) is 10.6. The molecule has 0 aliphatic heterocycles. The summed E-state index contributed by atoms with van der Waals surface area (Å²) in [7, 11) is 0. The molecule has 6 heteroatoms. The Morgan fingerprint density at radius 1 is 1.00 bits per heavy atom. The third kappa shape index (κ3) is 6.83. The maximum Gasteiger partial charge on any atom is 0.268 e. The highest BCUT2D eigenvalue weighted by Crippen LogP contribution is 2.14. The van der Waals surface area contributed by atoms with E-state index in [2.05, 4.69) is 10.6 Å². The fraction of sp³-hybridized carbons (Fsp3) is 0.200. The average Bonchev–Trinajstić information content (AvgIpc) is 3.26. The smallest absolute Gasteiger partial charge is 0.268 e. The van der Waals surface area contributed by atoms with Gasteiger partial charge in [-0.25, -0.2) is 0 Å². The highest BCUT2D eigenvalue weighted by molar-refractivity contribution is 7.10. The lowest BCUT2D eigenvalue weighted by Gasteiger charge is -2.17. The van der Waals surface area contributed by atoms with E-state index in [1.807, 2.05) is 74.7 Å². The van der Waals surface area contributed by atoms with Crippen LogP contribution in [0.2, 0.25) is 0 Å². The fourth-order valence-corrected chi connectivity index (χ4v) is 3.43. The van der Waals surface area contributed by atoms with Crippen molar-refractivity contribution >= 4 is 29.2 Å². The van der Waals surface area contributed by atoms with Gasteiger partial charge in [-0.05, 0) is 62.6 Å². The van der Waals surface area contributed by atoms with E-state index in [0.717, 1.165) is 21.8 Å². The number of hydrogen-bond acceptors (Lipinski definition) is 4. The van der Waals surface area contributed by atoms with Crippen molar-refractivity contribution in [1.29, 1.82) is 0 Å². The summed E-state index contributed by atoms with van der Waals surface area (Å²) in [5.41, 5.74) is 2.90. The highest BCUT2D eigenvalue weighted by atomic mass is 32.1. The molecule has 0 saturated carbocycles. The third-order valence-corrected chi connectivity index (χ3v) is 5.35. The van der Waals surface area contributed by atoms with Crippen LogP contribution in [0, 0.1) is 13.8 Å². The van der Waals surface area contributed by atoms with Crippen LogP contribution in [0.5, 0.6) is 5.75 Å². The topological polar surface area (TPSA) is 67.4 Å². The summed E-state index contributed by atoms with van der Waals surface area (Å²) < 4.78 is 5.75. The van der Waals surface area contributed by atoms with Crippen LogP contribution in [-0.2, 0) is 4.79 Å². The van der Waals surface area contributed by atoms with E-state index in [0.29, 0.717) is 12.2 Å². The summed E-state index contributed by atoms with van der Waals surface area (Å²) in [6.45, 7) is 6.14. The minimum atomic E-state index is -0.367. The van der Waals surface area contributed by atoms with Crippen LogP contribution in [0.3, 0.4) is 0 Å². The van der Waals surface area contributed by atoms with Gasteiger partial charge >= 0.3 is 0 Å². The van der Waals surface area contributed by atoms with Gasteiger partial charge in [0.2, 0.25) is 0 Å². The Morgan fingerprint density at radius 3 is 2.26 bits per heavy atom. The molecule has 2 N–H and O–H groups in total. The molecule has 0 fully saturated rings. The molecule has 5 nitrogen and oxygen atoms in total. The van der Waals surface area contributed by atoms with Gasteiger partial charge < -0.3 is 15.4 Å². The van der Waals surface area contributed by atoms with Crippen molar-refractivity contribution in [2.24, 2.45) is 0 Å². The number of nitrogens with one attached hydrogen (secondary N) is 2. The monoisotopic (exact) mass is 434 g/mol. The quantitative estimate of drug-likeness (QED) is 0.504. The third-order valence-electron chi connectivity index (χ3n) is 4.53. The van der Waals surface area contributed by atoms with Crippen LogP contribution in [0.15, 0.2) is 71.7 Å². The number of ether oxygens (including phenoxy) is 1. The minimum absolute atomic E-state index is 0.190. The minimum Gasteiger partial charge on any atom is -0.491 e. The molecule has 0 aliphatic rings. The van der Waals surface area contributed by atoms with E-state index in [1.165, 1.54) is 11.3 Å². The van der Waals surface area contributed by atoms with Crippen molar-refractivity contribution in [2.45, 2.75) is 26.8 Å². The van der Waals surface area contributed by atoms with E-state index in [9.17, 15) is 9.59 Å². The summed E-state index contributed by atoms with van der Waals surface area (Å²) in [6, 6.07) is 18.5. The summed E-state index contributed by atoms with van der Waals surface area (Å²) in [4.78, 5) is 26.5. The first-order chi connectivity index (χ1) is 14.9. The van der Waals surface area contributed by atoms with E-state index < -0.39 is 0 Å². The second-order valence-corrected chi connectivity index (χ2v) is 8.37. The van der Waals surface area contributed by atoms with Gasteiger partial charge in [0.15, 0.2) is 0 Å². The fourth-order valence-electron chi connectivity index (χ4n) is 2.77. The SMILES string of the molecule is Cc1ccc(OCC(C)NC(=O)/C(=C/c2cccs2)NC(=O)c2ccc(C)cc2)cc1. The van der Waals surface area contributed by atoms with Crippen molar-refractivity contribution in [1.82, 2.24) is 10.6 Å². The zero-order valence-corrected chi connectivity index (χ0v) is 18.7. The van der Waals surface area contributed by atoms with Crippen molar-refractivity contribution in [2.75, 3.05) is 6.61 Å². The highest BCUT2D eigenvalue weighted by Gasteiger charge is 2.17. The summed E-state index contributed by atoms with van der Waals surface area (Å²) in [6.07, 6.45) is 1.68. The first-order valence-electron chi connectivity index (χ1n) is 10.0. The Kier molecular flexibility index (Phi) is 7.62. The Bertz CT molecular complexity index is 1040. The molecule has 0 radical (unpaired) electrons. The van der Waals surface area contributed by atoms with Crippen molar-refractivity contribution in [3.05, 3.63) is 93.3 Å². The molecule has 3 aromatic rings. The zero-order valence-electron chi connectivity index (χ0n) is 17.8. The molecule has 31 heavy (non-hydrogen) atoms. The first kappa shape index (κ1) is 22.3. The second-order valence-electron chi connectivity index (χ2n) is 7.39. The van der Waals surface area contributed by atoms with Gasteiger partial charge in [-0.3, -0.25) is 9.59 Å². The van der Waals surface area contributed by atoms with Gasteiger partial charge in [-0.15, -0.1) is 11.3 Å². The Morgan fingerprint density at radius 2 is 1.65 bits per heavy atom. The average molecular weight is 435 g/mol. The molecule has 1 atom stereocenters. The van der Waals surface area contributed by atoms with Gasteiger partial charge in [0.1, 0.15) is 18.1 Å². The molecule has 3 rings (SSSR count). The maximum absolute atomic E-state index is 12.9. The predicted octanol–water partition coefficient (Wildman–Crippen LogP) is 4.72. The van der Waals surface area contributed by atoms with Crippen LogP contribution in [0.1, 0.15) is 33.3 Å². The van der Waals surface area contributed by atoms with Crippen LogP contribution >= 0.6 is 11.3 Å². The number of benzene rings is 2. The largest absolute Gasteiger partial charge is 0.491 e. The molecular weight excluding hydrogens is 408 g/mol. The lowest BCUT2D eigenvalue weighted by atomic mass is 10.1. The number of thiophene rings is 1. The number of rotatable bonds is 8. The number of hydrogen-bond donors (Lipinski definition) is 2. The van der Waals surface area contributed by atoms with Gasteiger partial charge in [0.05, 0.1) is 6.04 Å². The first-order valence-corrected chi connectivity index (χ1v) is 10.9. The van der Waals surface area contributed by atoms with Crippen molar-refractivity contribution in [3.63, 3.8) is 0 Å². The van der Waals surface area contributed by atoms with Crippen molar-refractivity contribution < 1.29 is 14.3 Å². The lowest BCUT2D eigenvalue weighted by Crippen LogP contribution is -2.41. The molecule has 2 amide bonds. The lowest BCUT2D eigenvalue weighted by molar-refractivity contribution is -0.118. The van der Waals surface area contributed by atoms with E-state index in [-0.39, 0.29) is 23.6 Å². The van der Waals surface area contributed by atoms with Crippen LogP contribution in [0.4, 0.5) is 0 Å². The molecule has 0 aliphatic carbocycles.